The van der Waals surface area contributed by atoms with Crippen molar-refractivity contribution in [1.29, 1.82) is 0 Å². The van der Waals surface area contributed by atoms with Crippen LogP contribution in [0.25, 0.3) is 0 Å². The average molecular weight is 320 g/mol. The first-order valence-corrected chi connectivity index (χ1v) is 8.40. The molecule has 0 fully saturated rings. The highest BCUT2D eigenvalue weighted by Gasteiger charge is 2.21. The smallest absolute Gasteiger partial charge is 0.123 e. The summed E-state index contributed by atoms with van der Waals surface area (Å²) in [4.78, 5) is 1.29. The van der Waals surface area contributed by atoms with Gasteiger partial charge in [-0.15, -0.1) is 11.8 Å². The number of fused-ring (bicyclic) bond motifs is 1. The highest BCUT2D eigenvalue weighted by Crippen LogP contribution is 2.40. The van der Waals surface area contributed by atoms with Gasteiger partial charge in [0.15, 0.2) is 0 Å². The van der Waals surface area contributed by atoms with E-state index in [0.717, 1.165) is 34.0 Å². The van der Waals surface area contributed by atoms with Crippen molar-refractivity contribution in [2.75, 3.05) is 11.1 Å². The number of benzene rings is 2. The standard InChI is InChI=1S/C17H18ClNOS/c1-10-3-5-14(11(2)17(10)20)19-15-7-8-21-16-6-4-12(18)9-13(15)16/h3-6,9,15,19-20H,7-8H2,1-2H3. The Morgan fingerprint density at radius 2 is 2.05 bits per heavy atom. The lowest BCUT2D eigenvalue weighted by atomic mass is 10.0. The van der Waals surface area contributed by atoms with Crippen molar-refractivity contribution in [2.24, 2.45) is 0 Å². The van der Waals surface area contributed by atoms with Gasteiger partial charge in [0.2, 0.25) is 0 Å². The molecule has 3 rings (SSSR count). The highest BCUT2D eigenvalue weighted by atomic mass is 35.5. The molecule has 0 aromatic heterocycles. The van der Waals surface area contributed by atoms with Gasteiger partial charge in [-0.1, -0.05) is 17.7 Å². The molecule has 2 aromatic rings. The van der Waals surface area contributed by atoms with E-state index in [2.05, 4.69) is 11.4 Å². The summed E-state index contributed by atoms with van der Waals surface area (Å²) in [5.74, 6) is 1.46. The molecule has 1 aliphatic rings. The number of rotatable bonds is 2. The number of hydrogen-bond donors (Lipinski definition) is 2. The van der Waals surface area contributed by atoms with Gasteiger partial charge in [0, 0.05) is 26.9 Å². The van der Waals surface area contributed by atoms with Gasteiger partial charge in [0.1, 0.15) is 5.75 Å². The number of anilines is 1. The molecule has 0 saturated heterocycles. The quantitative estimate of drug-likeness (QED) is 0.786. The Morgan fingerprint density at radius 1 is 1.24 bits per heavy atom. The number of phenols is 1. The fourth-order valence-corrected chi connectivity index (χ4v) is 3.98. The number of hydrogen-bond acceptors (Lipinski definition) is 3. The molecule has 1 heterocycles. The molecule has 2 nitrogen and oxygen atoms in total. The Morgan fingerprint density at radius 3 is 2.86 bits per heavy atom. The molecular formula is C17H18ClNOS. The summed E-state index contributed by atoms with van der Waals surface area (Å²) in [5.41, 5.74) is 4.04. The lowest BCUT2D eigenvalue weighted by Crippen LogP contribution is -2.16. The zero-order chi connectivity index (χ0) is 15.0. The fraction of sp³-hybridized carbons (Fsp3) is 0.294. The Bertz CT molecular complexity index is 687. The van der Waals surface area contributed by atoms with Crippen LogP contribution in [0.4, 0.5) is 5.69 Å². The first kappa shape index (κ1) is 14.6. The number of aromatic hydroxyl groups is 1. The molecule has 0 radical (unpaired) electrons. The molecule has 1 aliphatic heterocycles. The first-order valence-electron chi connectivity index (χ1n) is 7.04. The predicted octanol–water partition coefficient (Wildman–Crippen LogP) is 5.31. The molecule has 1 unspecified atom stereocenters. The molecule has 2 aromatic carbocycles. The average Bonchev–Trinajstić information content (AvgIpc) is 2.48. The second-order valence-corrected chi connectivity index (χ2v) is 6.99. The van der Waals surface area contributed by atoms with Crippen molar-refractivity contribution in [2.45, 2.75) is 31.2 Å². The van der Waals surface area contributed by atoms with Gasteiger partial charge in [0.25, 0.3) is 0 Å². The summed E-state index contributed by atoms with van der Waals surface area (Å²) in [7, 11) is 0. The van der Waals surface area contributed by atoms with E-state index in [4.69, 9.17) is 11.6 Å². The minimum atomic E-state index is 0.237. The van der Waals surface area contributed by atoms with Gasteiger partial charge in [-0.25, -0.2) is 0 Å². The molecule has 0 spiro atoms. The van der Waals surface area contributed by atoms with Crippen LogP contribution in [0.15, 0.2) is 35.2 Å². The second-order valence-electron chi connectivity index (χ2n) is 5.42. The maximum atomic E-state index is 10.1. The van der Waals surface area contributed by atoms with Gasteiger partial charge in [-0.2, -0.15) is 0 Å². The molecular weight excluding hydrogens is 302 g/mol. The summed E-state index contributed by atoms with van der Waals surface area (Å²) >= 11 is 8.02. The van der Waals surface area contributed by atoms with E-state index in [1.54, 1.807) is 0 Å². The molecule has 0 aliphatic carbocycles. The number of nitrogens with one attached hydrogen (secondary N) is 1. The first-order chi connectivity index (χ1) is 10.1. The third kappa shape index (κ3) is 2.85. The van der Waals surface area contributed by atoms with Crippen molar-refractivity contribution in [3.63, 3.8) is 0 Å². The second kappa shape index (κ2) is 5.82. The van der Waals surface area contributed by atoms with E-state index in [1.807, 2.05) is 49.9 Å². The van der Waals surface area contributed by atoms with E-state index in [1.165, 1.54) is 10.5 Å². The van der Waals surface area contributed by atoms with E-state index >= 15 is 0 Å². The molecule has 2 N–H and O–H groups in total. The maximum Gasteiger partial charge on any atom is 0.123 e. The van der Waals surface area contributed by atoms with Crippen LogP contribution >= 0.6 is 23.4 Å². The van der Waals surface area contributed by atoms with Crippen LogP contribution < -0.4 is 5.32 Å². The summed E-state index contributed by atoms with van der Waals surface area (Å²) in [5, 5.41) is 14.4. The number of phenolic OH excluding ortho intramolecular Hbond substituents is 1. The van der Waals surface area contributed by atoms with Gasteiger partial charge >= 0.3 is 0 Å². The van der Waals surface area contributed by atoms with E-state index < -0.39 is 0 Å². The van der Waals surface area contributed by atoms with Crippen LogP contribution in [-0.4, -0.2) is 10.9 Å². The summed E-state index contributed by atoms with van der Waals surface area (Å²) in [6.07, 6.45) is 1.05. The third-order valence-corrected chi connectivity index (χ3v) is 5.33. The Labute approximate surface area is 134 Å². The SMILES string of the molecule is Cc1ccc(NC2CCSc3ccc(Cl)cc32)c(C)c1O. The van der Waals surface area contributed by atoms with Crippen LogP contribution in [0.3, 0.4) is 0 Å². The van der Waals surface area contributed by atoms with Crippen molar-refractivity contribution in [1.82, 2.24) is 0 Å². The van der Waals surface area contributed by atoms with Crippen LogP contribution in [0.2, 0.25) is 5.02 Å². The van der Waals surface area contributed by atoms with E-state index in [-0.39, 0.29) is 6.04 Å². The van der Waals surface area contributed by atoms with Crippen molar-refractivity contribution in [3.8, 4) is 5.75 Å². The normalized spacial score (nSPS) is 17.4. The minimum Gasteiger partial charge on any atom is -0.507 e. The lowest BCUT2D eigenvalue weighted by molar-refractivity contribution is 0.467. The van der Waals surface area contributed by atoms with E-state index in [9.17, 15) is 5.11 Å². The highest BCUT2D eigenvalue weighted by molar-refractivity contribution is 7.99. The van der Waals surface area contributed by atoms with Gasteiger partial charge in [0.05, 0.1) is 6.04 Å². The van der Waals surface area contributed by atoms with Crippen molar-refractivity contribution in [3.05, 3.63) is 52.0 Å². The van der Waals surface area contributed by atoms with Crippen molar-refractivity contribution < 1.29 is 5.11 Å². The third-order valence-electron chi connectivity index (χ3n) is 3.97. The Kier molecular flexibility index (Phi) is 4.05. The molecule has 0 bridgehead atoms. The van der Waals surface area contributed by atoms with Crippen LogP contribution in [0.1, 0.15) is 29.2 Å². The number of aryl methyl sites for hydroxylation is 1. The molecule has 1 atom stereocenters. The molecule has 21 heavy (non-hydrogen) atoms. The van der Waals surface area contributed by atoms with Crippen LogP contribution in [-0.2, 0) is 0 Å². The van der Waals surface area contributed by atoms with Crippen LogP contribution in [0.5, 0.6) is 5.75 Å². The predicted molar refractivity (Wildman–Crippen MR) is 90.7 cm³/mol. The minimum absolute atomic E-state index is 0.237. The van der Waals surface area contributed by atoms with Gasteiger partial charge in [-0.3, -0.25) is 0 Å². The summed E-state index contributed by atoms with van der Waals surface area (Å²) in [6.45, 7) is 3.86. The summed E-state index contributed by atoms with van der Waals surface area (Å²) < 4.78 is 0. The van der Waals surface area contributed by atoms with Crippen molar-refractivity contribution >= 4 is 29.1 Å². The topological polar surface area (TPSA) is 32.3 Å². The lowest BCUT2D eigenvalue weighted by Gasteiger charge is -2.28. The number of thioether (sulfide) groups is 1. The van der Waals surface area contributed by atoms with Gasteiger partial charge in [-0.05, 0) is 55.7 Å². The van der Waals surface area contributed by atoms with Crippen LogP contribution in [0, 0.1) is 13.8 Å². The molecule has 110 valence electrons. The van der Waals surface area contributed by atoms with Gasteiger partial charge < -0.3 is 10.4 Å². The molecule has 4 heteroatoms. The molecule has 0 amide bonds. The zero-order valence-corrected chi connectivity index (χ0v) is 13.7. The number of halogens is 1. The monoisotopic (exact) mass is 319 g/mol. The largest absolute Gasteiger partial charge is 0.507 e. The summed E-state index contributed by atoms with van der Waals surface area (Å²) in [6, 6.07) is 10.3. The Balaban J connectivity index is 1.94. The maximum absolute atomic E-state index is 10.1. The Hall–Kier alpha value is -1.32. The van der Waals surface area contributed by atoms with E-state index in [0.29, 0.717) is 5.75 Å². The fourth-order valence-electron chi connectivity index (χ4n) is 2.69. The zero-order valence-electron chi connectivity index (χ0n) is 12.1. The molecule has 0 saturated carbocycles.